The van der Waals surface area contributed by atoms with E-state index in [1.165, 1.54) is 0 Å². The molecular formula is C20H27N3O3S. The fourth-order valence-electron chi connectivity index (χ4n) is 4.75. The third-order valence-corrected chi connectivity index (χ3v) is 7.72. The molecule has 0 amide bonds. The lowest BCUT2D eigenvalue weighted by atomic mass is 10.0. The first kappa shape index (κ1) is 18.7. The molecule has 2 fully saturated rings. The number of aryl methyl sites for hydroxylation is 2. The Morgan fingerprint density at radius 1 is 1.07 bits per heavy atom. The lowest BCUT2D eigenvalue weighted by Crippen LogP contribution is -2.58. The zero-order chi connectivity index (χ0) is 19.3. The normalized spacial score (nSPS) is 25.7. The van der Waals surface area contributed by atoms with Gasteiger partial charge in [-0.15, -0.1) is 0 Å². The van der Waals surface area contributed by atoms with Gasteiger partial charge in [-0.05, 0) is 37.6 Å². The van der Waals surface area contributed by atoms with Crippen LogP contribution in [0.15, 0.2) is 23.0 Å². The maximum atomic E-state index is 12.6. The van der Waals surface area contributed by atoms with Crippen molar-refractivity contribution in [1.82, 2.24) is 14.8 Å². The molecule has 2 saturated heterocycles. The largest absolute Gasteiger partial charge is 0.357 e. The molecule has 146 valence electrons. The Morgan fingerprint density at radius 2 is 1.74 bits per heavy atom. The first-order chi connectivity index (χ1) is 12.8. The van der Waals surface area contributed by atoms with Crippen LogP contribution in [0.3, 0.4) is 0 Å². The second-order valence-electron chi connectivity index (χ2n) is 7.97. The molecule has 1 aromatic carbocycles. The molecule has 2 aliphatic heterocycles. The summed E-state index contributed by atoms with van der Waals surface area (Å²) in [6, 6.07) is 5.73. The fraction of sp³-hybridized carbons (Fsp3) is 0.550. The monoisotopic (exact) mass is 389 g/mol. The second-order valence-corrected chi connectivity index (χ2v) is 10.1. The van der Waals surface area contributed by atoms with E-state index in [1.54, 1.807) is 6.07 Å². The van der Waals surface area contributed by atoms with Gasteiger partial charge in [0.15, 0.2) is 15.3 Å². The second kappa shape index (κ2) is 6.72. The molecule has 0 unspecified atom stereocenters. The number of likely N-dealkylation sites (N-methyl/N-ethyl adjacent to an activating group) is 1. The molecule has 2 aliphatic rings. The van der Waals surface area contributed by atoms with Gasteiger partial charge in [-0.3, -0.25) is 14.6 Å². The van der Waals surface area contributed by atoms with Crippen LogP contribution in [-0.2, 0) is 16.4 Å². The van der Waals surface area contributed by atoms with E-state index >= 15 is 0 Å². The number of nitrogens with one attached hydrogen (secondary N) is 1. The van der Waals surface area contributed by atoms with Crippen molar-refractivity contribution in [2.45, 2.75) is 39.4 Å². The van der Waals surface area contributed by atoms with Gasteiger partial charge in [0.05, 0.1) is 17.0 Å². The summed E-state index contributed by atoms with van der Waals surface area (Å²) in [5, 5.41) is 0.716. The van der Waals surface area contributed by atoms with E-state index in [9.17, 15) is 13.2 Å². The molecule has 7 heteroatoms. The van der Waals surface area contributed by atoms with Gasteiger partial charge in [-0.25, -0.2) is 8.42 Å². The summed E-state index contributed by atoms with van der Waals surface area (Å²) in [4.78, 5) is 20.6. The Morgan fingerprint density at radius 3 is 2.44 bits per heavy atom. The van der Waals surface area contributed by atoms with Crippen molar-refractivity contribution in [2.24, 2.45) is 0 Å². The Balaban J connectivity index is 1.67. The molecule has 6 nitrogen and oxygen atoms in total. The van der Waals surface area contributed by atoms with Crippen LogP contribution in [0.5, 0.6) is 0 Å². The average Bonchev–Trinajstić information content (AvgIpc) is 2.92. The highest BCUT2D eigenvalue weighted by Gasteiger charge is 2.45. The van der Waals surface area contributed by atoms with E-state index in [1.807, 2.05) is 19.9 Å². The van der Waals surface area contributed by atoms with Gasteiger partial charge in [0.1, 0.15) is 0 Å². The Hall–Kier alpha value is -1.70. The third-order valence-electron chi connectivity index (χ3n) is 6.02. The van der Waals surface area contributed by atoms with Crippen LogP contribution in [-0.4, -0.2) is 66.4 Å². The van der Waals surface area contributed by atoms with E-state index in [0.717, 1.165) is 42.0 Å². The number of hydrogen-bond donors (Lipinski definition) is 1. The number of fused-ring (bicyclic) bond motifs is 2. The molecular weight excluding hydrogens is 362 g/mol. The maximum absolute atomic E-state index is 12.6. The molecule has 4 rings (SSSR count). The summed E-state index contributed by atoms with van der Waals surface area (Å²) in [6.45, 7) is 9.22. The van der Waals surface area contributed by atoms with E-state index in [-0.39, 0.29) is 29.0 Å². The number of benzene rings is 1. The van der Waals surface area contributed by atoms with Gasteiger partial charge in [0.25, 0.3) is 0 Å². The lowest BCUT2D eigenvalue weighted by Gasteiger charge is -2.43. The number of H-pyrrole nitrogens is 1. The number of piperazine rings is 1. The van der Waals surface area contributed by atoms with Gasteiger partial charge in [0, 0.05) is 48.9 Å². The van der Waals surface area contributed by atoms with Crippen LogP contribution in [0.25, 0.3) is 10.9 Å². The van der Waals surface area contributed by atoms with E-state index in [0.29, 0.717) is 11.9 Å². The predicted molar refractivity (Wildman–Crippen MR) is 108 cm³/mol. The zero-order valence-electron chi connectivity index (χ0n) is 16.2. The van der Waals surface area contributed by atoms with Crippen molar-refractivity contribution in [3.63, 3.8) is 0 Å². The molecule has 3 heterocycles. The Labute approximate surface area is 160 Å². The van der Waals surface area contributed by atoms with Crippen molar-refractivity contribution < 1.29 is 8.42 Å². The summed E-state index contributed by atoms with van der Waals surface area (Å²) in [5.74, 6) is 0.457. The highest BCUT2D eigenvalue weighted by Crippen LogP contribution is 2.28. The number of rotatable bonds is 3. The standard InChI is InChI=1S/C20H27N3O3S/c1-4-22-5-6-23(18-12-27(25,26)11-17(18)22)10-15-9-19(24)16-8-13(2)7-14(3)20(16)21-15/h7-9,17-18H,4-6,10-12H2,1-3H3,(H,21,24)/t17-,18+/m0/s1. The van der Waals surface area contributed by atoms with Crippen molar-refractivity contribution in [1.29, 1.82) is 0 Å². The average molecular weight is 390 g/mol. The number of aromatic nitrogens is 1. The van der Waals surface area contributed by atoms with Crippen molar-refractivity contribution >= 4 is 20.7 Å². The van der Waals surface area contributed by atoms with Gasteiger partial charge in [-0.1, -0.05) is 13.0 Å². The van der Waals surface area contributed by atoms with Gasteiger partial charge < -0.3 is 4.98 Å². The Bertz CT molecular complexity index is 1040. The van der Waals surface area contributed by atoms with E-state index in [2.05, 4.69) is 27.8 Å². The zero-order valence-corrected chi connectivity index (χ0v) is 17.0. The minimum absolute atomic E-state index is 0.00186. The molecule has 2 atom stereocenters. The molecule has 0 bridgehead atoms. The number of hydrogen-bond acceptors (Lipinski definition) is 5. The Kier molecular flexibility index (Phi) is 4.64. The predicted octanol–water partition coefficient (Wildman–Crippen LogP) is 1.45. The molecule has 0 saturated carbocycles. The van der Waals surface area contributed by atoms with Gasteiger partial charge in [0.2, 0.25) is 0 Å². The number of pyridine rings is 1. The van der Waals surface area contributed by atoms with E-state index in [4.69, 9.17) is 0 Å². The van der Waals surface area contributed by atoms with E-state index < -0.39 is 9.84 Å². The minimum atomic E-state index is -3.01. The molecule has 2 aromatic rings. The van der Waals surface area contributed by atoms with Crippen LogP contribution in [0.2, 0.25) is 0 Å². The maximum Gasteiger partial charge on any atom is 0.189 e. The summed E-state index contributed by atoms with van der Waals surface area (Å²) < 4.78 is 24.5. The minimum Gasteiger partial charge on any atom is -0.357 e. The third kappa shape index (κ3) is 3.44. The fourth-order valence-corrected chi connectivity index (χ4v) is 6.79. The summed E-state index contributed by atoms with van der Waals surface area (Å²) in [6.07, 6.45) is 0. The molecule has 0 aliphatic carbocycles. The molecule has 1 N–H and O–H groups in total. The topological polar surface area (TPSA) is 73.5 Å². The van der Waals surface area contributed by atoms with Crippen molar-refractivity contribution in [3.05, 3.63) is 45.2 Å². The first-order valence-corrected chi connectivity index (χ1v) is 11.4. The van der Waals surface area contributed by atoms with Crippen LogP contribution in [0.1, 0.15) is 23.7 Å². The van der Waals surface area contributed by atoms with Crippen LogP contribution < -0.4 is 5.43 Å². The van der Waals surface area contributed by atoms with Crippen LogP contribution in [0.4, 0.5) is 0 Å². The number of nitrogens with zero attached hydrogens (tertiary/aromatic N) is 2. The summed E-state index contributed by atoms with van der Waals surface area (Å²) in [7, 11) is -3.01. The summed E-state index contributed by atoms with van der Waals surface area (Å²) in [5.41, 5.74) is 3.89. The number of sulfone groups is 1. The molecule has 1 aromatic heterocycles. The quantitative estimate of drug-likeness (QED) is 0.860. The van der Waals surface area contributed by atoms with Gasteiger partial charge in [-0.2, -0.15) is 0 Å². The number of aromatic amines is 1. The summed E-state index contributed by atoms with van der Waals surface area (Å²) >= 11 is 0. The SMILES string of the molecule is CCN1CCN(Cc2cc(=O)c3cc(C)cc(C)c3[nH]2)[C@@H]2CS(=O)(=O)C[C@@H]21. The van der Waals surface area contributed by atoms with Gasteiger partial charge >= 0.3 is 0 Å². The van der Waals surface area contributed by atoms with Crippen molar-refractivity contribution in [2.75, 3.05) is 31.1 Å². The highest BCUT2D eigenvalue weighted by molar-refractivity contribution is 7.91. The first-order valence-electron chi connectivity index (χ1n) is 9.59. The van der Waals surface area contributed by atoms with Crippen molar-refractivity contribution in [3.8, 4) is 0 Å². The lowest BCUT2D eigenvalue weighted by molar-refractivity contribution is 0.0432. The molecule has 0 spiro atoms. The smallest absolute Gasteiger partial charge is 0.189 e. The molecule has 0 radical (unpaired) electrons. The van der Waals surface area contributed by atoms with Crippen LogP contribution >= 0.6 is 0 Å². The molecule has 27 heavy (non-hydrogen) atoms. The highest BCUT2D eigenvalue weighted by atomic mass is 32.2. The van der Waals surface area contributed by atoms with Crippen LogP contribution in [0, 0.1) is 13.8 Å².